The summed E-state index contributed by atoms with van der Waals surface area (Å²) in [6.07, 6.45) is 2.53. The maximum Gasteiger partial charge on any atom is 0.191 e. The fourth-order valence-corrected chi connectivity index (χ4v) is 2.32. The lowest BCUT2D eigenvalue weighted by Gasteiger charge is -2.13. The molecule has 0 aliphatic carbocycles. The van der Waals surface area contributed by atoms with Crippen LogP contribution in [0.2, 0.25) is 0 Å². The lowest BCUT2D eigenvalue weighted by Crippen LogP contribution is -2.38. The number of hydrogen-bond donors (Lipinski definition) is 2. The van der Waals surface area contributed by atoms with E-state index in [-0.39, 0.29) is 24.0 Å². The first-order valence-corrected chi connectivity index (χ1v) is 7.91. The number of halogens is 1. The molecule has 24 heavy (non-hydrogen) atoms. The predicted molar refractivity (Wildman–Crippen MR) is 108 cm³/mol. The molecule has 5 nitrogen and oxygen atoms in total. The summed E-state index contributed by atoms with van der Waals surface area (Å²) in [6, 6.07) is 10.0. The Hall–Kier alpha value is -1.70. The van der Waals surface area contributed by atoms with Crippen molar-refractivity contribution in [1.82, 2.24) is 10.6 Å². The van der Waals surface area contributed by atoms with Gasteiger partial charge in [-0.15, -0.1) is 24.0 Å². The van der Waals surface area contributed by atoms with Gasteiger partial charge in [0, 0.05) is 13.1 Å². The van der Waals surface area contributed by atoms with Crippen LogP contribution in [-0.2, 0) is 13.0 Å². The number of aliphatic imine (C=N–C) groups is 1. The van der Waals surface area contributed by atoms with E-state index in [1.807, 2.05) is 25.1 Å². The number of nitrogens with one attached hydrogen (secondary N) is 2. The van der Waals surface area contributed by atoms with Crippen molar-refractivity contribution >= 4 is 29.9 Å². The van der Waals surface area contributed by atoms with Crippen molar-refractivity contribution in [1.29, 1.82) is 0 Å². The lowest BCUT2D eigenvalue weighted by molar-refractivity contribution is 0.409. The van der Waals surface area contributed by atoms with Gasteiger partial charge in [0.15, 0.2) is 5.96 Å². The van der Waals surface area contributed by atoms with Gasteiger partial charge in [0.05, 0.1) is 13.4 Å². The molecule has 0 aliphatic heterocycles. The summed E-state index contributed by atoms with van der Waals surface area (Å²) in [4.78, 5) is 4.52. The minimum atomic E-state index is 0. The molecule has 2 rings (SSSR count). The Kier molecular flexibility index (Phi) is 9.29. The zero-order valence-corrected chi connectivity index (χ0v) is 16.8. The normalized spacial score (nSPS) is 10.9. The molecule has 0 amide bonds. The molecule has 1 heterocycles. The van der Waals surface area contributed by atoms with Gasteiger partial charge in [0.25, 0.3) is 0 Å². The quantitative estimate of drug-likeness (QED) is 0.391. The van der Waals surface area contributed by atoms with E-state index in [1.54, 1.807) is 13.4 Å². The Morgan fingerprint density at radius 2 is 2.08 bits per heavy atom. The third kappa shape index (κ3) is 6.43. The van der Waals surface area contributed by atoms with Crippen LogP contribution in [0.3, 0.4) is 0 Å². The van der Waals surface area contributed by atoms with Gasteiger partial charge in [-0.25, -0.2) is 4.99 Å². The van der Waals surface area contributed by atoms with Gasteiger partial charge < -0.3 is 19.8 Å². The molecule has 0 aliphatic rings. The summed E-state index contributed by atoms with van der Waals surface area (Å²) < 4.78 is 10.7. The van der Waals surface area contributed by atoms with Crippen molar-refractivity contribution in [2.75, 3.05) is 20.2 Å². The molecule has 0 bridgehead atoms. The second-order valence-corrected chi connectivity index (χ2v) is 5.27. The highest BCUT2D eigenvalue weighted by atomic mass is 127. The van der Waals surface area contributed by atoms with Crippen molar-refractivity contribution in [3.63, 3.8) is 0 Å². The number of guanidine groups is 1. The summed E-state index contributed by atoms with van der Waals surface area (Å²) in [6.45, 7) is 6.26. The van der Waals surface area contributed by atoms with Gasteiger partial charge >= 0.3 is 0 Å². The van der Waals surface area contributed by atoms with Crippen LogP contribution < -0.4 is 15.4 Å². The van der Waals surface area contributed by atoms with Crippen molar-refractivity contribution in [3.05, 3.63) is 53.5 Å². The first kappa shape index (κ1) is 20.3. The number of aryl methyl sites for hydroxylation is 1. The minimum Gasteiger partial charge on any atom is -0.496 e. The van der Waals surface area contributed by atoms with Crippen molar-refractivity contribution in [3.8, 4) is 5.75 Å². The van der Waals surface area contributed by atoms with E-state index in [9.17, 15) is 0 Å². The van der Waals surface area contributed by atoms with Crippen LogP contribution in [0, 0.1) is 6.92 Å². The van der Waals surface area contributed by atoms with E-state index in [0.29, 0.717) is 6.54 Å². The molecule has 1 aromatic heterocycles. The SMILES string of the molecule is CCNC(=NCc1ccco1)NCCc1cc(C)ccc1OC.I. The standard InChI is InChI=1S/C18H25N3O2.HI/c1-4-19-18(21-13-16-6-5-11-23-16)20-10-9-15-12-14(2)7-8-17(15)22-3;/h5-8,11-12H,4,9-10,13H2,1-3H3,(H2,19,20,21);1H. The number of nitrogens with zero attached hydrogens (tertiary/aromatic N) is 1. The van der Waals surface area contributed by atoms with Crippen LogP contribution in [0.5, 0.6) is 5.75 Å². The number of hydrogen-bond acceptors (Lipinski definition) is 3. The van der Waals surface area contributed by atoms with E-state index in [2.05, 4.69) is 34.7 Å². The third-order valence-corrected chi connectivity index (χ3v) is 3.44. The summed E-state index contributed by atoms with van der Waals surface area (Å²) >= 11 is 0. The average Bonchev–Trinajstić information content (AvgIpc) is 3.06. The molecule has 0 saturated carbocycles. The molecule has 132 valence electrons. The fourth-order valence-electron chi connectivity index (χ4n) is 2.32. The van der Waals surface area contributed by atoms with Crippen LogP contribution in [-0.4, -0.2) is 26.2 Å². The number of methoxy groups -OCH3 is 1. The molecule has 0 fully saturated rings. The first-order valence-electron chi connectivity index (χ1n) is 7.91. The summed E-state index contributed by atoms with van der Waals surface area (Å²) in [5.74, 6) is 2.56. The molecular formula is C18H26IN3O2. The predicted octanol–water partition coefficient (Wildman–Crippen LogP) is 3.51. The molecular weight excluding hydrogens is 417 g/mol. The van der Waals surface area contributed by atoms with Gasteiger partial charge in [-0.3, -0.25) is 0 Å². The Morgan fingerprint density at radius 1 is 1.25 bits per heavy atom. The van der Waals surface area contributed by atoms with E-state index >= 15 is 0 Å². The Labute approximate surface area is 160 Å². The highest BCUT2D eigenvalue weighted by Crippen LogP contribution is 2.19. The number of ether oxygens (including phenoxy) is 1. The largest absolute Gasteiger partial charge is 0.496 e. The average molecular weight is 443 g/mol. The zero-order chi connectivity index (χ0) is 16.5. The van der Waals surface area contributed by atoms with Crippen LogP contribution >= 0.6 is 24.0 Å². The second-order valence-electron chi connectivity index (χ2n) is 5.27. The van der Waals surface area contributed by atoms with E-state index in [0.717, 1.165) is 37.0 Å². The lowest BCUT2D eigenvalue weighted by atomic mass is 10.1. The molecule has 2 N–H and O–H groups in total. The van der Waals surface area contributed by atoms with Crippen LogP contribution in [0.1, 0.15) is 23.8 Å². The molecule has 2 aromatic rings. The fraction of sp³-hybridized carbons (Fsp3) is 0.389. The Morgan fingerprint density at radius 3 is 2.75 bits per heavy atom. The monoisotopic (exact) mass is 443 g/mol. The summed E-state index contributed by atoms with van der Waals surface area (Å²) in [5.41, 5.74) is 2.43. The minimum absolute atomic E-state index is 0. The third-order valence-electron chi connectivity index (χ3n) is 3.44. The highest BCUT2D eigenvalue weighted by Gasteiger charge is 2.04. The van der Waals surface area contributed by atoms with Crippen LogP contribution in [0.25, 0.3) is 0 Å². The Bertz CT molecular complexity index is 627. The van der Waals surface area contributed by atoms with E-state index < -0.39 is 0 Å². The number of furan rings is 1. The van der Waals surface area contributed by atoms with Crippen molar-refractivity contribution < 1.29 is 9.15 Å². The van der Waals surface area contributed by atoms with Crippen molar-refractivity contribution in [2.45, 2.75) is 26.8 Å². The van der Waals surface area contributed by atoms with E-state index in [1.165, 1.54) is 11.1 Å². The summed E-state index contributed by atoms with van der Waals surface area (Å²) in [5, 5.41) is 6.58. The topological polar surface area (TPSA) is 58.8 Å². The maximum atomic E-state index is 5.42. The van der Waals surface area contributed by atoms with E-state index in [4.69, 9.17) is 9.15 Å². The molecule has 1 aromatic carbocycles. The molecule has 0 atom stereocenters. The first-order chi connectivity index (χ1) is 11.2. The van der Waals surface area contributed by atoms with Crippen LogP contribution in [0.15, 0.2) is 46.0 Å². The van der Waals surface area contributed by atoms with Crippen molar-refractivity contribution in [2.24, 2.45) is 4.99 Å². The molecule has 0 saturated heterocycles. The summed E-state index contributed by atoms with van der Waals surface area (Å²) in [7, 11) is 1.70. The second kappa shape index (κ2) is 11.0. The zero-order valence-electron chi connectivity index (χ0n) is 14.5. The van der Waals surface area contributed by atoms with Gasteiger partial charge in [-0.05, 0) is 44.0 Å². The van der Waals surface area contributed by atoms with Crippen LogP contribution in [0.4, 0.5) is 0 Å². The molecule has 0 unspecified atom stereocenters. The van der Waals surface area contributed by atoms with Gasteiger partial charge in [0.1, 0.15) is 18.1 Å². The van der Waals surface area contributed by atoms with Gasteiger partial charge in [0.2, 0.25) is 0 Å². The van der Waals surface area contributed by atoms with Gasteiger partial charge in [-0.1, -0.05) is 17.7 Å². The molecule has 0 spiro atoms. The number of benzene rings is 1. The number of rotatable bonds is 7. The highest BCUT2D eigenvalue weighted by molar-refractivity contribution is 14.0. The molecule has 0 radical (unpaired) electrons. The Balaban J connectivity index is 0.00000288. The molecule has 6 heteroatoms. The maximum absolute atomic E-state index is 5.42. The smallest absolute Gasteiger partial charge is 0.191 e. The van der Waals surface area contributed by atoms with Gasteiger partial charge in [-0.2, -0.15) is 0 Å².